The molecule has 1 atom stereocenters. The molecule has 0 aliphatic rings. The second kappa shape index (κ2) is 7.47. The van der Waals surface area contributed by atoms with E-state index < -0.39 is 0 Å². The van der Waals surface area contributed by atoms with Crippen LogP contribution >= 0.6 is 15.9 Å². The topological polar surface area (TPSA) is 67.6 Å². The molecule has 0 spiro atoms. The van der Waals surface area contributed by atoms with Crippen LogP contribution in [0, 0.1) is 0 Å². The highest BCUT2D eigenvalue weighted by atomic mass is 79.9. The van der Waals surface area contributed by atoms with Crippen LogP contribution < -0.4 is 11.1 Å². The van der Waals surface area contributed by atoms with Crippen molar-refractivity contribution >= 4 is 33.2 Å². The number of nitrogens with one attached hydrogen (secondary N) is 1. The SMILES string of the molecule is COCC(C)N(C)CC(=O)Nc1ccc(N)cc1Br. The van der Waals surface area contributed by atoms with E-state index in [2.05, 4.69) is 21.2 Å². The molecular formula is C13H20BrN3O2. The van der Waals surface area contributed by atoms with E-state index >= 15 is 0 Å². The van der Waals surface area contributed by atoms with Gasteiger partial charge in [0.05, 0.1) is 18.8 Å². The van der Waals surface area contributed by atoms with Crippen LogP contribution in [0.4, 0.5) is 11.4 Å². The second-order valence-electron chi connectivity index (χ2n) is 4.51. The Bertz CT molecular complexity index is 440. The number of ether oxygens (including phenoxy) is 1. The number of amides is 1. The number of anilines is 2. The van der Waals surface area contributed by atoms with Gasteiger partial charge in [-0.3, -0.25) is 9.69 Å². The van der Waals surface area contributed by atoms with Crippen LogP contribution in [0.5, 0.6) is 0 Å². The molecule has 0 saturated carbocycles. The van der Waals surface area contributed by atoms with Gasteiger partial charge in [-0.1, -0.05) is 0 Å². The Morgan fingerprint density at radius 1 is 1.58 bits per heavy atom. The number of hydrogen-bond donors (Lipinski definition) is 2. The summed E-state index contributed by atoms with van der Waals surface area (Å²) >= 11 is 3.37. The first-order valence-corrected chi connectivity index (χ1v) is 6.77. The van der Waals surface area contributed by atoms with Gasteiger partial charge in [0.15, 0.2) is 0 Å². The van der Waals surface area contributed by atoms with E-state index in [1.807, 2.05) is 18.9 Å². The van der Waals surface area contributed by atoms with Gasteiger partial charge >= 0.3 is 0 Å². The Hall–Kier alpha value is -1.11. The van der Waals surface area contributed by atoms with E-state index in [9.17, 15) is 4.79 Å². The van der Waals surface area contributed by atoms with Gasteiger partial charge in [-0.2, -0.15) is 0 Å². The summed E-state index contributed by atoms with van der Waals surface area (Å²) in [6.07, 6.45) is 0. The summed E-state index contributed by atoms with van der Waals surface area (Å²) < 4.78 is 5.83. The first-order chi connectivity index (χ1) is 8.93. The van der Waals surface area contributed by atoms with Crippen LogP contribution in [0.2, 0.25) is 0 Å². The summed E-state index contributed by atoms with van der Waals surface area (Å²) in [7, 11) is 3.54. The molecule has 1 aromatic carbocycles. The van der Waals surface area contributed by atoms with Gasteiger partial charge in [-0.05, 0) is 48.1 Å². The standard InChI is InChI=1S/C13H20BrN3O2/c1-9(8-19-3)17(2)7-13(18)16-12-5-4-10(15)6-11(12)14/h4-6,9H,7-8,15H2,1-3H3,(H,16,18). The predicted octanol–water partition coefficient (Wildman–Crippen LogP) is 1.94. The number of nitrogens with two attached hydrogens (primary N) is 1. The summed E-state index contributed by atoms with van der Waals surface area (Å²) in [6.45, 7) is 2.91. The zero-order valence-corrected chi connectivity index (χ0v) is 13.0. The highest BCUT2D eigenvalue weighted by Gasteiger charge is 2.13. The minimum absolute atomic E-state index is 0.0732. The van der Waals surface area contributed by atoms with Gasteiger partial charge in [0.25, 0.3) is 0 Å². The lowest BCUT2D eigenvalue weighted by atomic mass is 10.2. The quantitative estimate of drug-likeness (QED) is 0.782. The molecule has 1 rings (SSSR count). The molecule has 106 valence electrons. The number of carbonyl (C=O) groups is 1. The predicted molar refractivity (Wildman–Crippen MR) is 81.2 cm³/mol. The second-order valence-corrected chi connectivity index (χ2v) is 5.36. The van der Waals surface area contributed by atoms with Crippen LogP contribution in [0.15, 0.2) is 22.7 Å². The fourth-order valence-corrected chi connectivity index (χ4v) is 2.07. The summed E-state index contributed by atoms with van der Waals surface area (Å²) in [5.41, 5.74) is 7.01. The van der Waals surface area contributed by atoms with Gasteiger partial charge in [-0.25, -0.2) is 0 Å². The molecule has 3 N–H and O–H groups in total. The third kappa shape index (κ3) is 5.18. The normalized spacial score (nSPS) is 12.5. The zero-order chi connectivity index (χ0) is 14.4. The van der Waals surface area contributed by atoms with Crippen molar-refractivity contribution in [2.45, 2.75) is 13.0 Å². The van der Waals surface area contributed by atoms with Crippen molar-refractivity contribution in [3.63, 3.8) is 0 Å². The monoisotopic (exact) mass is 329 g/mol. The molecule has 0 radical (unpaired) electrons. The number of hydrogen-bond acceptors (Lipinski definition) is 4. The van der Waals surface area contributed by atoms with E-state index in [0.29, 0.717) is 24.5 Å². The number of halogens is 1. The number of nitrogens with zero attached hydrogens (tertiary/aromatic N) is 1. The maximum atomic E-state index is 11.9. The lowest BCUT2D eigenvalue weighted by molar-refractivity contribution is -0.117. The van der Waals surface area contributed by atoms with Gasteiger partial charge < -0.3 is 15.8 Å². The third-order valence-electron chi connectivity index (χ3n) is 2.82. The number of methoxy groups -OCH3 is 1. The third-order valence-corrected chi connectivity index (χ3v) is 3.48. The first-order valence-electron chi connectivity index (χ1n) is 5.98. The summed E-state index contributed by atoms with van der Waals surface area (Å²) in [5, 5.41) is 2.84. The minimum Gasteiger partial charge on any atom is -0.399 e. The lowest BCUT2D eigenvalue weighted by Crippen LogP contribution is -2.38. The summed E-state index contributed by atoms with van der Waals surface area (Å²) in [6, 6.07) is 5.46. The summed E-state index contributed by atoms with van der Waals surface area (Å²) in [5.74, 6) is -0.0732. The largest absolute Gasteiger partial charge is 0.399 e. The minimum atomic E-state index is -0.0732. The molecule has 5 nitrogen and oxygen atoms in total. The fourth-order valence-electron chi connectivity index (χ4n) is 1.57. The Kier molecular flexibility index (Phi) is 6.27. The van der Waals surface area contributed by atoms with E-state index in [1.54, 1.807) is 25.3 Å². The van der Waals surface area contributed by atoms with Crippen LogP contribution in [0.1, 0.15) is 6.92 Å². The molecule has 0 aliphatic carbocycles. The molecule has 0 aromatic heterocycles. The number of benzene rings is 1. The van der Waals surface area contributed by atoms with E-state index in [-0.39, 0.29) is 11.9 Å². The van der Waals surface area contributed by atoms with Crippen molar-refractivity contribution in [2.24, 2.45) is 0 Å². The van der Waals surface area contributed by atoms with Crippen LogP contribution in [0.3, 0.4) is 0 Å². The zero-order valence-electron chi connectivity index (χ0n) is 11.4. The Balaban J connectivity index is 2.55. The molecule has 1 unspecified atom stereocenters. The number of rotatable bonds is 6. The lowest BCUT2D eigenvalue weighted by Gasteiger charge is -2.23. The molecule has 19 heavy (non-hydrogen) atoms. The Morgan fingerprint density at radius 2 is 2.26 bits per heavy atom. The van der Waals surface area contributed by atoms with Crippen molar-refractivity contribution in [1.82, 2.24) is 4.90 Å². The van der Waals surface area contributed by atoms with Crippen LogP contribution in [-0.4, -0.2) is 44.2 Å². The maximum Gasteiger partial charge on any atom is 0.238 e. The number of carbonyl (C=O) groups excluding carboxylic acids is 1. The van der Waals surface area contributed by atoms with Crippen molar-refractivity contribution in [1.29, 1.82) is 0 Å². The van der Waals surface area contributed by atoms with Crippen LogP contribution in [-0.2, 0) is 9.53 Å². The molecule has 6 heteroatoms. The van der Waals surface area contributed by atoms with E-state index in [0.717, 1.165) is 4.47 Å². The molecule has 0 aliphatic heterocycles. The number of likely N-dealkylation sites (N-methyl/N-ethyl adjacent to an activating group) is 1. The highest BCUT2D eigenvalue weighted by Crippen LogP contribution is 2.24. The van der Waals surface area contributed by atoms with Gasteiger partial charge in [0, 0.05) is 23.3 Å². The average molecular weight is 330 g/mol. The molecular weight excluding hydrogens is 310 g/mol. The van der Waals surface area contributed by atoms with Gasteiger partial charge in [0.2, 0.25) is 5.91 Å². The molecule has 0 heterocycles. The Morgan fingerprint density at radius 3 is 2.84 bits per heavy atom. The molecule has 0 bridgehead atoms. The average Bonchev–Trinajstić information content (AvgIpc) is 2.33. The molecule has 0 fully saturated rings. The van der Waals surface area contributed by atoms with Crippen molar-refractivity contribution in [2.75, 3.05) is 38.4 Å². The van der Waals surface area contributed by atoms with Crippen LogP contribution in [0.25, 0.3) is 0 Å². The molecule has 1 aromatic rings. The number of nitrogen functional groups attached to an aromatic ring is 1. The van der Waals surface area contributed by atoms with Gasteiger partial charge in [-0.15, -0.1) is 0 Å². The van der Waals surface area contributed by atoms with Crippen molar-refractivity contribution in [3.8, 4) is 0 Å². The molecule has 0 saturated heterocycles. The van der Waals surface area contributed by atoms with E-state index in [4.69, 9.17) is 10.5 Å². The van der Waals surface area contributed by atoms with Crippen molar-refractivity contribution in [3.05, 3.63) is 22.7 Å². The highest BCUT2D eigenvalue weighted by molar-refractivity contribution is 9.10. The van der Waals surface area contributed by atoms with E-state index in [1.165, 1.54) is 0 Å². The van der Waals surface area contributed by atoms with Crippen molar-refractivity contribution < 1.29 is 9.53 Å². The first kappa shape index (κ1) is 15.9. The maximum absolute atomic E-state index is 11.9. The Labute approximate surface area is 122 Å². The fraction of sp³-hybridized carbons (Fsp3) is 0.462. The van der Waals surface area contributed by atoms with Gasteiger partial charge in [0.1, 0.15) is 0 Å². The molecule has 1 amide bonds. The smallest absolute Gasteiger partial charge is 0.238 e. The summed E-state index contributed by atoms with van der Waals surface area (Å²) in [4.78, 5) is 13.9.